The van der Waals surface area contributed by atoms with Crippen molar-refractivity contribution < 1.29 is 14.0 Å². The van der Waals surface area contributed by atoms with Crippen molar-refractivity contribution in [1.29, 1.82) is 0 Å². The molecule has 0 fully saturated rings. The summed E-state index contributed by atoms with van der Waals surface area (Å²) in [5, 5.41) is 8.60. The third-order valence-corrected chi connectivity index (χ3v) is 2.56. The van der Waals surface area contributed by atoms with Gasteiger partial charge in [0.05, 0.1) is 6.23 Å². The molecule has 3 nitrogen and oxygen atoms in total. The molecule has 0 amide bonds. The second-order valence-corrected chi connectivity index (χ2v) is 3.41. The van der Waals surface area contributed by atoms with Crippen LogP contribution >= 0.6 is 0 Å². The van der Waals surface area contributed by atoms with Crippen molar-refractivity contribution in [1.82, 2.24) is 0 Å². The van der Waals surface area contributed by atoms with Gasteiger partial charge in [-0.25, -0.2) is 0 Å². The average molecular weight is 174 g/mol. The van der Waals surface area contributed by atoms with Crippen LogP contribution in [-0.2, 0) is 8.85 Å². The van der Waals surface area contributed by atoms with Crippen molar-refractivity contribution in [2.75, 3.05) is 19.4 Å². The van der Waals surface area contributed by atoms with E-state index in [0.717, 1.165) is 0 Å². The van der Waals surface area contributed by atoms with Crippen LogP contribution in [0.15, 0.2) is 0 Å². The maximum atomic E-state index is 8.60. The molecule has 0 bridgehead atoms. The standard InChI is InChI=1S/C5H14O3Si.Na.H/c1-3-7-9(5-6)8-4-2;;/h6,9H,3-5H2,1-2H3;;. The van der Waals surface area contributed by atoms with E-state index >= 15 is 0 Å². The molecule has 0 aromatic rings. The number of aliphatic hydroxyl groups is 1. The predicted octanol–water partition coefficient (Wildman–Crippen LogP) is -0.837. The number of hydrogen-bond acceptors (Lipinski definition) is 3. The Bertz CT molecular complexity index is 58.9. The van der Waals surface area contributed by atoms with Crippen molar-refractivity contribution in [3.05, 3.63) is 0 Å². The molecule has 0 aromatic heterocycles. The van der Waals surface area contributed by atoms with Crippen LogP contribution in [0.25, 0.3) is 0 Å². The summed E-state index contributed by atoms with van der Waals surface area (Å²) in [6.45, 7) is 5.07. The molecule has 0 saturated heterocycles. The number of hydrogen-bond donors (Lipinski definition) is 1. The van der Waals surface area contributed by atoms with Crippen LogP contribution in [0.2, 0.25) is 0 Å². The summed E-state index contributed by atoms with van der Waals surface area (Å²) in [5.74, 6) is 0. The third-order valence-electron chi connectivity index (χ3n) is 0.854. The van der Waals surface area contributed by atoms with Crippen LogP contribution in [0, 0.1) is 0 Å². The van der Waals surface area contributed by atoms with E-state index in [0.29, 0.717) is 13.2 Å². The van der Waals surface area contributed by atoms with Crippen molar-refractivity contribution in [3.63, 3.8) is 0 Å². The van der Waals surface area contributed by atoms with Crippen LogP contribution < -0.4 is 0 Å². The first-order chi connectivity index (χ1) is 4.35. The molecule has 0 aromatic carbocycles. The van der Waals surface area contributed by atoms with Gasteiger partial charge in [0, 0.05) is 13.2 Å². The van der Waals surface area contributed by atoms with Crippen molar-refractivity contribution in [2.45, 2.75) is 13.8 Å². The minimum absolute atomic E-state index is 0. The zero-order valence-electron chi connectivity index (χ0n) is 5.96. The maximum absolute atomic E-state index is 8.60. The van der Waals surface area contributed by atoms with E-state index in [9.17, 15) is 0 Å². The topological polar surface area (TPSA) is 38.7 Å². The summed E-state index contributed by atoms with van der Waals surface area (Å²) in [5.41, 5.74) is 0. The summed E-state index contributed by atoms with van der Waals surface area (Å²) < 4.78 is 10.2. The Morgan fingerprint density at radius 1 is 1.20 bits per heavy atom. The van der Waals surface area contributed by atoms with E-state index < -0.39 is 9.28 Å². The van der Waals surface area contributed by atoms with E-state index in [2.05, 4.69) is 0 Å². The van der Waals surface area contributed by atoms with Gasteiger partial charge in [0.1, 0.15) is 0 Å². The Hall–Kier alpha value is 1.10. The van der Waals surface area contributed by atoms with Crippen molar-refractivity contribution in [3.8, 4) is 0 Å². The molecule has 10 heavy (non-hydrogen) atoms. The molecule has 0 unspecified atom stereocenters. The Morgan fingerprint density at radius 3 is 1.80 bits per heavy atom. The fourth-order valence-electron chi connectivity index (χ4n) is 0.525. The Kier molecular flexibility index (Phi) is 13.8. The van der Waals surface area contributed by atoms with E-state index in [1.807, 2.05) is 13.8 Å². The van der Waals surface area contributed by atoms with Crippen LogP contribution in [0.3, 0.4) is 0 Å². The Balaban J connectivity index is 0. The van der Waals surface area contributed by atoms with Crippen LogP contribution in [0.5, 0.6) is 0 Å². The second-order valence-electron chi connectivity index (χ2n) is 1.52. The van der Waals surface area contributed by atoms with Crippen LogP contribution in [0.4, 0.5) is 0 Å². The van der Waals surface area contributed by atoms with Crippen LogP contribution in [-0.4, -0.2) is 63.4 Å². The van der Waals surface area contributed by atoms with Gasteiger partial charge in [-0.15, -0.1) is 0 Å². The average Bonchev–Trinajstić information content (AvgIpc) is 1.88. The zero-order valence-corrected chi connectivity index (χ0v) is 7.12. The molecule has 5 heteroatoms. The third kappa shape index (κ3) is 7.21. The van der Waals surface area contributed by atoms with Gasteiger partial charge in [-0.2, -0.15) is 0 Å². The molecule has 0 saturated carbocycles. The van der Waals surface area contributed by atoms with Gasteiger partial charge in [-0.1, -0.05) is 0 Å². The summed E-state index contributed by atoms with van der Waals surface area (Å²) in [4.78, 5) is 0. The molecular formula is C5H15NaO3Si. The van der Waals surface area contributed by atoms with Gasteiger partial charge < -0.3 is 14.0 Å². The van der Waals surface area contributed by atoms with E-state index in [4.69, 9.17) is 14.0 Å². The number of rotatable bonds is 5. The Labute approximate surface area is 85.9 Å². The quantitative estimate of drug-likeness (QED) is 0.553. The molecule has 0 radical (unpaired) electrons. The molecule has 0 rings (SSSR count). The molecule has 0 aliphatic heterocycles. The van der Waals surface area contributed by atoms with Gasteiger partial charge in [-0.05, 0) is 13.8 Å². The molecule has 0 aliphatic carbocycles. The van der Waals surface area contributed by atoms with Crippen molar-refractivity contribution in [2.24, 2.45) is 0 Å². The van der Waals surface area contributed by atoms with Gasteiger partial charge >= 0.3 is 38.8 Å². The fourth-order valence-corrected chi connectivity index (χ4v) is 1.58. The number of aliphatic hydroxyl groups excluding tert-OH is 1. The fraction of sp³-hybridized carbons (Fsp3) is 1.00. The summed E-state index contributed by atoms with van der Waals surface area (Å²) >= 11 is 0. The predicted molar refractivity (Wildman–Crippen MR) is 44.6 cm³/mol. The summed E-state index contributed by atoms with van der Waals surface area (Å²) in [6, 6.07) is 0. The molecule has 58 valence electrons. The molecule has 0 spiro atoms. The summed E-state index contributed by atoms with van der Waals surface area (Å²) in [7, 11) is -1.66. The first kappa shape index (κ1) is 13.7. The monoisotopic (exact) mass is 174 g/mol. The zero-order chi connectivity index (χ0) is 7.11. The second kappa shape index (κ2) is 10.1. The molecule has 1 N–H and O–H groups in total. The van der Waals surface area contributed by atoms with Gasteiger partial charge in [0.15, 0.2) is 0 Å². The SMILES string of the molecule is CCO[SiH](CO)OCC.[NaH]. The van der Waals surface area contributed by atoms with E-state index in [-0.39, 0.29) is 35.8 Å². The first-order valence-corrected chi connectivity index (χ1v) is 4.95. The first-order valence-electron chi connectivity index (χ1n) is 3.19. The molecular weight excluding hydrogens is 159 g/mol. The normalized spacial score (nSPS) is 9.60. The Morgan fingerprint density at radius 2 is 1.60 bits per heavy atom. The van der Waals surface area contributed by atoms with E-state index in [1.54, 1.807) is 0 Å². The van der Waals surface area contributed by atoms with E-state index in [1.165, 1.54) is 0 Å². The van der Waals surface area contributed by atoms with Gasteiger partial charge in [0.25, 0.3) is 0 Å². The molecule has 0 heterocycles. The van der Waals surface area contributed by atoms with Crippen molar-refractivity contribution >= 4 is 38.8 Å². The van der Waals surface area contributed by atoms with Gasteiger partial charge in [-0.3, -0.25) is 0 Å². The molecule has 0 atom stereocenters. The van der Waals surface area contributed by atoms with Gasteiger partial charge in [0.2, 0.25) is 0 Å². The minimum atomic E-state index is -1.66. The van der Waals surface area contributed by atoms with Crippen LogP contribution in [0.1, 0.15) is 13.8 Å². The summed E-state index contributed by atoms with van der Waals surface area (Å²) in [6.07, 6.45) is 0.0711. The molecule has 0 aliphatic rings.